The molecule has 0 unspecified atom stereocenters. The zero-order valence-corrected chi connectivity index (χ0v) is 16.6. The van der Waals surface area contributed by atoms with Gasteiger partial charge in [0.1, 0.15) is 0 Å². The van der Waals surface area contributed by atoms with E-state index in [9.17, 15) is 4.79 Å². The van der Waals surface area contributed by atoms with Crippen LogP contribution in [0.5, 0.6) is 0 Å². The molecule has 1 aliphatic rings. The van der Waals surface area contributed by atoms with Crippen molar-refractivity contribution in [2.45, 2.75) is 36.2 Å². The standard InChI is InChI=1S/C22H20O2S2/c1-21(2,3)20(23)24-22(19-13-8-14-25-19)15-9-4-6-11-17(15)26-18-12-7-5-10-16(18)22/h4-14H,1-3H3. The molecule has 0 N–H and O–H groups in total. The summed E-state index contributed by atoms with van der Waals surface area (Å²) in [5.41, 5.74) is 0.572. The molecule has 26 heavy (non-hydrogen) atoms. The average Bonchev–Trinajstić information content (AvgIpc) is 3.15. The molecule has 4 heteroatoms. The van der Waals surface area contributed by atoms with Crippen molar-refractivity contribution in [2.75, 3.05) is 0 Å². The van der Waals surface area contributed by atoms with Crippen molar-refractivity contribution in [1.82, 2.24) is 0 Å². The lowest BCUT2D eigenvalue weighted by atomic mass is 9.83. The summed E-state index contributed by atoms with van der Waals surface area (Å²) in [6.07, 6.45) is 0. The summed E-state index contributed by atoms with van der Waals surface area (Å²) >= 11 is 3.35. The summed E-state index contributed by atoms with van der Waals surface area (Å²) in [5, 5.41) is 2.04. The number of hydrogen-bond acceptors (Lipinski definition) is 4. The fraction of sp³-hybridized carbons (Fsp3) is 0.227. The van der Waals surface area contributed by atoms with E-state index in [2.05, 4.69) is 30.3 Å². The predicted octanol–water partition coefficient (Wildman–Crippen LogP) is 6.09. The van der Waals surface area contributed by atoms with Crippen molar-refractivity contribution < 1.29 is 9.53 Å². The highest BCUT2D eigenvalue weighted by molar-refractivity contribution is 7.99. The number of thiophene rings is 1. The topological polar surface area (TPSA) is 26.3 Å². The van der Waals surface area contributed by atoms with Gasteiger partial charge in [-0.1, -0.05) is 54.2 Å². The van der Waals surface area contributed by atoms with Gasteiger partial charge in [0.2, 0.25) is 0 Å². The fourth-order valence-corrected chi connectivity index (χ4v) is 5.22. The van der Waals surface area contributed by atoms with Gasteiger partial charge in [-0.25, -0.2) is 0 Å². The van der Waals surface area contributed by atoms with Crippen LogP contribution in [0.1, 0.15) is 36.8 Å². The third-order valence-electron chi connectivity index (χ3n) is 4.48. The molecule has 0 amide bonds. The van der Waals surface area contributed by atoms with E-state index in [0.717, 1.165) is 25.8 Å². The number of benzene rings is 2. The molecule has 0 saturated carbocycles. The molecule has 1 aromatic heterocycles. The highest BCUT2D eigenvalue weighted by atomic mass is 32.2. The molecule has 4 rings (SSSR count). The van der Waals surface area contributed by atoms with Gasteiger partial charge in [-0.05, 0) is 44.4 Å². The number of ether oxygens (including phenoxy) is 1. The minimum atomic E-state index is -0.906. The maximum absolute atomic E-state index is 13.0. The molecule has 0 radical (unpaired) electrons. The Morgan fingerprint density at radius 3 is 1.96 bits per heavy atom. The van der Waals surface area contributed by atoms with Crippen LogP contribution in [0.25, 0.3) is 0 Å². The summed E-state index contributed by atoms with van der Waals surface area (Å²) in [6.45, 7) is 5.69. The summed E-state index contributed by atoms with van der Waals surface area (Å²) < 4.78 is 6.40. The lowest BCUT2D eigenvalue weighted by molar-refractivity contribution is -0.163. The Bertz CT molecular complexity index is 907. The van der Waals surface area contributed by atoms with Crippen LogP contribution in [0.15, 0.2) is 75.8 Å². The zero-order chi connectivity index (χ0) is 18.4. The number of carbonyl (C=O) groups excluding carboxylic acids is 1. The number of carbonyl (C=O) groups is 1. The van der Waals surface area contributed by atoms with E-state index in [0.29, 0.717) is 0 Å². The Kier molecular flexibility index (Phi) is 4.20. The Labute approximate surface area is 162 Å². The van der Waals surface area contributed by atoms with Gasteiger partial charge in [0.25, 0.3) is 0 Å². The Balaban J connectivity index is 2.03. The van der Waals surface area contributed by atoms with Crippen LogP contribution < -0.4 is 0 Å². The molecule has 0 spiro atoms. The van der Waals surface area contributed by atoms with E-state index in [1.165, 1.54) is 0 Å². The molecule has 2 nitrogen and oxygen atoms in total. The van der Waals surface area contributed by atoms with Crippen LogP contribution in [0.4, 0.5) is 0 Å². The first kappa shape index (κ1) is 17.4. The minimum absolute atomic E-state index is 0.206. The van der Waals surface area contributed by atoms with E-state index < -0.39 is 11.0 Å². The van der Waals surface area contributed by atoms with Gasteiger partial charge < -0.3 is 4.74 Å². The molecule has 0 aliphatic carbocycles. The van der Waals surface area contributed by atoms with Gasteiger partial charge >= 0.3 is 5.97 Å². The lowest BCUT2D eigenvalue weighted by Gasteiger charge is -2.40. The van der Waals surface area contributed by atoms with E-state index >= 15 is 0 Å². The third kappa shape index (κ3) is 2.68. The SMILES string of the molecule is CC(C)(C)C(=O)OC1(c2cccs2)c2ccccc2Sc2ccccc21. The molecule has 2 aromatic carbocycles. The summed E-state index contributed by atoms with van der Waals surface area (Å²) in [5.74, 6) is -0.206. The van der Waals surface area contributed by atoms with Gasteiger partial charge in [0.05, 0.1) is 10.3 Å². The van der Waals surface area contributed by atoms with Gasteiger partial charge in [0.15, 0.2) is 5.60 Å². The second-order valence-electron chi connectivity index (χ2n) is 7.39. The van der Waals surface area contributed by atoms with Crippen molar-refractivity contribution in [2.24, 2.45) is 5.41 Å². The number of fused-ring (bicyclic) bond motifs is 2. The predicted molar refractivity (Wildman–Crippen MR) is 107 cm³/mol. The van der Waals surface area contributed by atoms with E-state index in [-0.39, 0.29) is 5.97 Å². The highest BCUT2D eigenvalue weighted by Gasteiger charge is 2.48. The molecule has 1 aliphatic heterocycles. The normalized spacial score (nSPS) is 15.0. The van der Waals surface area contributed by atoms with E-state index in [1.807, 2.05) is 56.5 Å². The van der Waals surface area contributed by atoms with Crippen LogP contribution in [0.3, 0.4) is 0 Å². The maximum Gasteiger partial charge on any atom is 0.312 e. The molecular formula is C22H20O2S2. The molecule has 0 bridgehead atoms. The van der Waals surface area contributed by atoms with Gasteiger partial charge in [0, 0.05) is 20.9 Å². The second-order valence-corrected chi connectivity index (χ2v) is 9.42. The van der Waals surface area contributed by atoms with Crippen LogP contribution >= 0.6 is 23.1 Å². The molecule has 132 valence electrons. The molecule has 0 atom stereocenters. The van der Waals surface area contributed by atoms with Gasteiger partial charge in [-0.3, -0.25) is 4.79 Å². The summed E-state index contributed by atoms with van der Waals surface area (Å²) in [4.78, 5) is 16.3. The first-order valence-corrected chi connectivity index (χ1v) is 10.3. The molecule has 0 fully saturated rings. The fourth-order valence-electron chi connectivity index (χ4n) is 3.15. The first-order chi connectivity index (χ1) is 12.4. The number of esters is 1. The largest absolute Gasteiger partial charge is 0.443 e. The van der Waals surface area contributed by atoms with Crippen LogP contribution in [-0.4, -0.2) is 5.97 Å². The van der Waals surface area contributed by atoms with Crippen molar-refractivity contribution in [1.29, 1.82) is 0 Å². The summed E-state index contributed by atoms with van der Waals surface area (Å²) in [7, 11) is 0. The lowest BCUT2D eigenvalue weighted by Crippen LogP contribution is -2.40. The molecule has 0 saturated heterocycles. The Morgan fingerprint density at radius 1 is 0.885 bits per heavy atom. The third-order valence-corrected chi connectivity index (χ3v) is 6.60. The molecule has 2 heterocycles. The average molecular weight is 381 g/mol. The quantitative estimate of drug-likeness (QED) is 0.503. The van der Waals surface area contributed by atoms with E-state index in [4.69, 9.17) is 4.74 Å². The van der Waals surface area contributed by atoms with Crippen molar-refractivity contribution in [3.05, 3.63) is 82.0 Å². The van der Waals surface area contributed by atoms with Crippen LogP contribution in [0.2, 0.25) is 0 Å². The monoisotopic (exact) mass is 380 g/mol. The van der Waals surface area contributed by atoms with Crippen LogP contribution in [0, 0.1) is 5.41 Å². The van der Waals surface area contributed by atoms with Gasteiger partial charge in [-0.15, -0.1) is 11.3 Å². The molecule has 3 aromatic rings. The smallest absolute Gasteiger partial charge is 0.312 e. The zero-order valence-electron chi connectivity index (χ0n) is 15.0. The van der Waals surface area contributed by atoms with Gasteiger partial charge in [-0.2, -0.15) is 0 Å². The maximum atomic E-state index is 13.0. The van der Waals surface area contributed by atoms with Crippen molar-refractivity contribution in [3.63, 3.8) is 0 Å². The first-order valence-electron chi connectivity index (χ1n) is 8.57. The van der Waals surface area contributed by atoms with Crippen molar-refractivity contribution in [3.8, 4) is 0 Å². The number of hydrogen-bond donors (Lipinski definition) is 0. The van der Waals surface area contributed by atoms with E-state index in [1.54, 1.807) is 23.1 Å². The van der Waals surface area contributed by atoms with Crippen LogP contribution in [-0.2, 0) is 15.1 Å². The second kappa shape index (κ2) is 6.29. The highest BCUT2D eigenvalue weighted by Crippen LogP contribution is 2.54. The Hall–Kier alpha value is -2.04. The minimum Gasteiger partial charge on any atom is -0.443 e. The molecular weight excluding hydrogens is 360 g/mol. The van der Waals surface area contributed by atoms with Crippen molar-refractivity contribution >= 4 is 29.1 Å². The Morgan fingerprint density at radius 2 is 1.46 bits per heavy atom. The number of rotatable bonds is 2. The summed E-state index contributed by atoms with van der Waals surface area (Å²) in [6, 6.07) is 20.5.